The van der Waals surface area contributed by atoms with Crippen LogP contribution in [0.15, 0.2) is 12.1 Å². The first-order valence-corrected chi connectivity index (χ1v) is 7.61. The highest BCUT2D eigenvalue weighted by atomic mass is 32.1. The lowest BCUT2D eigenvalue weighted by atomic mass is 10.1. The summed E-state index contributed by atoms with van der Waals surface area (Å²) in [5.74, 6) is -1.04. The van der Waals surface area contributed by atoms with Gasteiger partial charge >= 0.3 is 0 Å². The molecule has 0 bridgehead atoms. The van der Waals surface area contributed by atoms with Crippen molar-refractivity contribution in [2.45, 2.75) is 18.9 Å². The Kier molecular flexibility index (Phi) is 3.46. The highest BCUT2D eigenvalue weighted by Crippen LogP contribution is 2.38. The van der Waals surface area contributed by atoms with Gasteiger partial charge in [0.2, 0.25) is 0 Å². The fraction of sp³-hybridized carbons (Fsp3) is 0.357. The van der Waals surface area contributed by atoms with Gasteiger partial charge in [-0.2, -0.15) is 0 Å². The van der Waals surface area contributed by atoms with Gasteiger partial charge < -0.3 is 22.1 Å². The zero-order valence-corrected chi connectivity index (χ0v) is 12.3. The van der Waals surface area contributed by atoms with Crippen LogP contribution in [0.5, 0.6) is 0 Å². The van der Waals surface area contributed by atoms with Crippen molar-refractivity contribution in [2.24, 2.45) is 11.5 Å². The molecule has 1 saturated heterocycles. The summed E-state index contributed by atoms with van der Waals surface area (Å²) < 4.78 is 15.0. The van der Waals surface area contributed by atoms with Gasteiger partial charge in [-0.3, -0.25) is 4.79 Å². The predicted octanol–water partition coefficient (Wildman–Crippen LogP) is 1.65. The Hall–Kier alpha value is -1.86. The first kappa shape index (κ1) is 14.1. The molecule has 0 spiro atoms. The maximum Gasteiger partial charge on any atom is 0.260 e. The van der Waals surface area contributed by atoms with Gasteiger partial charge in [-0.1, -0.05) is 0 Å². The number of hydrogen-bond donors (Lipinski definition) is 3. The number of rotatable bonds is 2. The minimum absolute atomic E-state index is 0.132. The van der Waals surface area contributed by atoms with Crippen molar-refractivity contribution < 1.29 is 9.18 Å². The van der Waals surface area contributed by atoms with Gasteiger partial charge in [-0.15, -0.1) is 11.3 Å². The molecule has 1 amide bonds. The van der Waals surface area contributed by atoms with E-state index in [4.69, 9.17) is 17.2 Å². The Bertz CT molecular complexity index is 707. The van der Waals surface area contributed by atoms with Gasteiger partial charge in [0, 0.05) is 29.5 Å². The van der Waals surface area contributed by atoms with E-state index in [1.165, 1.54) is 6.07 Å². The second-order valence-electron chi connectivity index (χ2n) is 5.33. The number of primary amides is 1. The highest BCUT2D eigenvalue weighted by Gasteiger charge is 2.21. The number of carbonyl (C=O) groups is 1. The number of nitrogens with zero attached hydrogens (tertiary/aromatic N) is 1. The molecule has 2 heterocycles. The van der Waals surface area contributed by atoms with E-state index in [-0.39, 0.29) is 22.0 Å². The van der Waals surface area contributed by atoms with Gasteiger partial charge in [0.05, 0.1) is 11.1 Å². The number of nitrogens with two attached hydrogens (primary N) is 3. The molecule has 1 aliphatic rings. The van der Waals surface area contributed by atoms with Crippen molar-refractivity contribution >= 4 is 38.7 Å². The standard InChI is InChI=1S/C14H17FN4OS/c15-9-5-8(19-3-1-7(16)2-4-19)6-10-11(9)12(17)13(21-10)14(18)20/h5-7H,1-4,16-17H2,(H2,18,20). The number of amides is 1. The number of nitrogen functional groups attached to an aromatic ring is 1. The molecule has 0 aliphatic carbocycles. The maximum atomic E-state index is 14.3. The van der Waals surface area contributed by atoms with Crippen LogP contribution >= 0.6 is 11.3 Å². The Labute approximate surface area is 125 Å². The van der Waals surface area contributed by atoms with Crippen molar-refractivity contribution in [1.29, 1.82) is 0 Å². The zero-order valence-electron chi connectivity index (χ0n) is 11.4. The third-order valence-electron chi connectivity index (χ3n) is 3.89. The van der Waals surface area contributed by atoms with Gasteiger partial charge in [0.25, 0.3) is 5.91 Å². The molecule has 5 nitrogen and oxygen atoms in total. The molecular weight excluding hydrogens is 291 g/mol. The molecule has 0 atom stereocenters. The highest BCUT2D eigenvalue weighted by molar-refractivity contribution is 7.21. The van der Waals surface area contributed by atoms with Crippen molar-refractivity contribution in [2.75, 3.05) is 23.7 Å². The largest absolute Gasteiger partial charge is 0.397 e. The minimum atomic E-state index is -0.626. The molecular formula is C14H17FN4OS. The fourth-order valence-corrected chi connectivity index (χ4v) is 3.73. The molecule has 0 radical (unpaired) electrons. The van der Waals surface area contributed by atoms with Crippen LogP contribution in [0.4, 0.5) is 15.8 Å². The Morgan fingerprint density at radius 1 is 1.33 bits per heavy atom. The Balaban J connectivity index is 2.05. The first-order chi connectivity index (χ1) is 9.97. The second-order valence-corrected chi connectivity index (χ2v) is 6.39. The normalized spacial score (nSPS) is 16.6. The zero-order chi connectivity index (χ0) is 15.1. The molecule has 7 heteroatoms. The summed E-state index contributed by atoms with van der Waals surface area (Å²) in [4.78, 5) is 13.6. The van der Waals surface area contributed by atoms with Crippen molar-refractivity contribution in [1.82, 2.24) is 0 Å². The number of anilines is 2. The number of hydrogen-bond acceptors (Lipinski definition) is 5. The number of benzene rings is 1. The predicted molar refractivity (Wildman–Crippen MR) is 84.1 cm³/mol. The monoisotopic (exact) mass is 308 g/mol. The lowest BCUT2D eigenvalue weighted by Crippen LogP contribution is -2.39. The SMILES string of the molecule is NC(=O)c1sc2cc(N3CCC(N)CC3)cc(F)c2c1N. The number of thiophene rings is 1. The van der Waals surface area contributed by atoms with Gasteiger partial charge in [0.15, 0.2) is 0 Å². The second kappa shape index (κ2) is 5.16. The average Bonchev–Trinajstić information content (AvgIpc) is 2.77. The molecule has 2 aromatic rings. The van der Waals surface area contributed by atoms with Crippen LogP contribution in [-0.4, -0.2) is 25.0 Å². The Morgan fingerprint density at radius 2 is 2.00 bits per heavy atom. The molecule has 1 aliphatic heterocycles. The fourth-order valence-electron chi connectivity index (χ4n) is 2.71. The molecule has 0 saturated carbocycles. The van der Waals surface area contributed by atoms with Gasteiger partial charge in [0.1, 0.15) is 10.7 Å². The molecule has 3 rings (SSSR count). The van der Waals surface area contributed by atoms with Crippen LogP contribution in [0.25, 0.3) is 10.1 Å². The number of piperidine rings is 1. The summed E-state index contributed by atoms with van der Waals surface area (Å²) in [6, 6.07) is 3.55. The quantitative estimate of drug-likeness (QED) is 0.785. The van der Waals surface area contributed by atoms with E-state index in [1.807, 2.05) is 6.07 Å². The van der Waals surface area contributed by atoms with Crippen LogP contribution in [0.2, 0.25) is 0 Å². The lowest BCUT2D eigenvalue weighted by molar-refractivity contribution is 0.100. The lowest BCUT2D eigenvalue weighted by Gasteiger charge is -2.32. The summed E-state index contributed by atoms with van der Waals surface area (Å²) in [6.07, 6.45) is 1.78. The summed E-state index contributed by atoms with van der Waals surface area (Å²) in [5, 5.41) is 0.284. The van der Waals surface area contributed by atoms with Crippen LogP contribution in [0.3, 0.4) is 0 Å². The summed E-state index contributed by atoms with van der Waals surface area (Å²) in [7, 11) is 0. The minimum Gasteiger partial charge on any atom is -0.397 e. The van der Waals surface area contributed by atoms with Crippen LogP contribution in [0.1, 0.15) is 22.5 Å². The van der Waals surface area contributed by atoms with E-state index in [0.29, 0.717) is 4.70 Å². The number of carbonyl (C=O) groups excluding carboxylic acids is 1. The van der Waals surface area contributed by atoms with Gasteiger partial charge in [-0.05, 0) is 25.0 Å². The molecule has 0 unspecified atom stereocenters. The van der Waals surface area contributed by atoms with Gasteiger partial charge in [-0.25, -0.2) is 4.39 Å². The molecule has 6 N–H and O–H groups in total. The third-order valence-corrected chi connectivity index (χ3v) is 5.06. The van der Waals surface area contributed by atoms with E-state index in [0.717, 1.165) is 43.0 Å². The number of halogens is 1. The third kappa shape index (κ3) is 2.43. The number of fused-ring (bicyclic) bond motifs is 1. The molecule has 1 aromatic heterocycles. The summed E-state index contributed by atoms with van der Waals surface area (Å²) in [5.41, 5.74) is 17.9. The molecule has 1 fully saturated rings. The van der Waals surface area contributed by atoms with E-state index in [9.17, 15) is 9.18 Å². The topological polar surface area (TPSA) is 98.4 Å². The maximum absolute atomic E-state index is 14.3. The smallest absolute Gasteiger partial charge is 0.260 e. The first-order valence-electron chi connectivity index (χ1n) is 6.79. The Morgan fingerprint density at radius 3 is 2.62 bits per heavy atom. The van der Waals surface area contributed by atoms with Crippen LogP contribution < -0.4 is 22.1 Å². The summed E-state index contributed by atoms with van der Waals surface area (Å²) >= 11 is 1.13. The summed E-state index contributed by atoms with van der Waals surface area (Å²) in [6.45, 7) is 1.60. The van der Waals surface area contributed by atoms with Crippen LogP contribution in [0, 0.1) is 5.82 Å². The molecule has 112 valence electrons. The van der Waals surface area contributed by atoms with Crippen LogP contribution in [-0.2, 0) is 0 Å². The average molecular weight is 308 g/mol. The van der Waals surface area contributed by atoms with Crippen molar-refractivity contribution in [3.05, 3.63) is 22.8 Å². The van der Waals surface area contributed by atoms with E-state index >= 15 is 0 Å². The van der Waals surface area contributed by atoms with Crippen molar-refractivity contribution in [3.8, 4) is 0 Å². The van der Waals surface area contributed by atoms with E-state index in [1.54, 1.807) is 0 Å². The molecule has 1 aromatic carbocycles. The molecule has 21 heavy (non-hydrogen) atoms. The van der Waals surface area contributed by atoms with E-state index in [2.05, 4.69) is 4.90 Å². The van der Waals surface area contributed by atoms with Crippen molar-refractivity contribution in [3.63, 3.8) is 0 Å². The van der Waals surface area contributed by atoms with E-state index < -0.39 is 11.7 Å².